The second kappa shape index (κ2) is 11.1. The molecule has 3 aromatic carbocycles. The summed E-state index contributed by atoms with van der Waals surface area (Å²) in [6, 6.07) is 15.5. The first-order valence-corrected chi connectivity index (χ1v) is 10.3. The van der Waals surface area contributed by atoms with Gasteiger partial charge in [-0.25, -0.2) is 0 Å². The third-order valence-corrected chi connectivity index (χ3v) is 4.98. The molecule has 0 radical (unpaired) electrons. The number of carbonyl (C=O) groups is 3. The summed E-state index contributed by atoms with van der Waals surface area (Å²) in [5.74, 6) is -0.500. The van der Waals surface area contributed by atoms with Gasteiger partial charge in [-0.05, 0) is 60.7 Å². The molecule has 0 atom stereocenters. The van der Waals surface area contributed by atoms with Crippen LogP contribution in [-0.2, 0) is 0 Å². The van der Waals surface area contributed by atoms with E-state index in [1.165, 1.54) is 45.6 Å². The first kappa shape index (κ1) is 24.4. The molecule has 0 aliphatic carbocycles. The van der Waals surface area contributed by atoms with Crippen LogP contribution in [0.2, 0.25) is 5.02 Å². The zero-order valence-corrected chi connectivity index (χ0v) is 19.4. The van der Waals surface area contributed by atoms with Crippen LogP contribution in [0.3, 0.4) is 0 Å². The molecule has 0 aromatic heterocycles. The SMILES string of the molecule is COc1cc(C(=O)NNC(=O)c2ccc(NC(=O)c3ccc(Cl)cc3)cc2)cc(OC)c1OC. The number of anilines is 1. The molecule has 34 heavy (non-hydrogen) atoms. The molecule has 0 aliphatic rings. The monoisotopic (exact) mass is 483 g/mol. The molecule has 0 aliphatic heterocycles. The van der Waals surface area contributed by atoms with Crippen molar-refractivity contribution in [2.45, 2.75) is 0 Å². The van der Waals surface area contributed by atoms with E-state index in [9.17, 15) is 14.4 Å². The molecule has 10 heteroatoms. The van der Waals surface area contributed by atoms with Gasteiger partial charge in [0.15, 0.2) is 11.5 Å². The Bertz CT molecular complexity index is 1170. The van der Waals surface area contributed by atoms with Gasteiger partial charge in [-0.3, -0.25) is 25.2 Å². The van der Waals surface area contributed by atoms with Crippen LogP contribution < -0.4 is 30.4 Å². The van der Waals surface area contributed by atoms with Crippen molar-refractivity contribution in [2.75, 3.05) is 26.6 Å². The van der Waals surface area contributed by atoms with E-state index in [2.05, 4.69) is 16.2 Å². The van der Waals surface area contributed by atoms with Gasteiger partial charge in [0.2, 0.25) is 5.75 Å². The van der Waals surface area contributed by atoms with Crippen LogP contribution in [0.15, 0.2) is 60.7 Å². The summed E-state index contributed by atoms with van der Waals surface area (Å²) < 4.78 is 15.7. The Balaban J connectivity index is 1.61. The van der Waals surface area contributed by atoms with E-state index < -0.39 is 11.8 Å². The minimum atomic E-state index is -0.584. The molecule has 0 saturated carbocycles. The van der Waals surface area contributed by atoms with Crippen LogP contribution in [0.5, 0.6) is 17.2 Å². The van der Waals surface area contributed by atoms with E-state index in [1.54, 1.807) is 36.4 Å². The summed E-state index contributed by atoms with van der Waals surface area (Å²) in [5.41, 5.74) is 6.09. The predicted octanol–water partition coefficient (Wildman–Crippen LogP) is 3.69. The van der Waals surface area contributed by atoms with Crippen LogP contribution in [0.1, 0.15) is 31.1 Å². The normalized spacial score (nSPS) is 10.1. The van der Waals surface area contributed by atoms with Crippen LogP contribution in [-0.4, -0.2) is 39.1 Å². The van der Waals surface area contributed by atoms with E-state index in [0.29, 0.717) is 33.5 Å². The molecule has 3 aromatic rings. The lowest BCUT2D eigenvalue weighted by Gasteiger charge is -2.14. The van der Waals surface area contributed by atoms with Gasteiger partial charge in [0.05, 0.1) is 21.3 Å². The Kier molecular flexibility index (Phi) is 7.94. The first-order chi connectivity index (χ1) is 16.4. The fraction of sp³-hybridized carbons (Fsp3) is 0.125. The minimum Gasteiger partial charge on any atom is -0.493 e. The smallest absolute Gasteiger partial charge is 0.269 e. The number of hydrogen-bond acceptors (Lipinski definition) is 6. The fourth-order valence-corrected chi connectivity index (χ4v) is 3.11. The Morgan fingerprint density at radius 1 is 0.647 bits per heavy atom. The maximum absolute atomic E-state index is 12.5. The molecule has 3 rings (SSSR count). The maximum atomic E-state index is 12.5. The molecule has 176 valence electrons. The summed E-state index contributed by atoms with van der Waals surface area (Å²) in [6.07, 6.45) is 0. The molecule has 0 saturated heterocycles. The Morgan fingerprint density at radius 3 is 1.62 bits per heavy atom. The highest BCUT2D eigenvalue weighted by molar-refractivity contribution is 6.30. The van der Waals surface area contributed by atoms with Gasteiger partial charge in [-0.1, -0.05) is 11.6 Å². The predicted molar refractivity (Wildman–Crippen MR) is 127 cm³/mol. The van der Waals surface area contributed by atoms with Gasteiger partial charge in [0.1, 0.15) is 0 Å². The van der Waals surface area contributed by atoms with Crippen molar-refractivity contribution < 1.29 is 28.6 Å². The number of rotatable bonds is 7. The number of hydrogen-bond donors (Lipinski definition) is 3. The lowest BCUT2D eigenvalue weighted by atomic mass is 10.1. The Hall–Kier alpha value is -4.24. The van der Waals surface area contributed by atoms with Gasteiger partial charge in [0, 0.05) is 27.4 Å². The Labute approximate surface area is 200 Å². The number of halogens is 1. The van der Waals surface area contributed by atoms with Crippen molar-refractivity contribution in [3.8, 4) is 17.2 Å². The molecule has 0 unspecified atom stereocenters. The zero-order chi connectivity index (χ0) is 24.7. The summed E-state index contributed by atoms with van der Waals surface area (Å²) in [5, 5.41) is 3.26. The largest absolute Gasteiger partial charge is 0.493 e. The highest BCUT2D eigenvalue weighted by Crippen LogP contribution is 2.38. The van der Waals surface area contributed by atoms with Crippen LogP contribution in [0.4, 0.5) is 5.69 Å². The van der Waals surface area contributed by atoms with Gasteiger partial charge in [-0.15, -0.1) is 0 Å². The molecule has 0 heterocycles. The van der Waals surface area contributed by atoms with E-state index >= 15 is 0 Å². The Morgan fingerprint density at radius 2 is 1.12 bits per heavy atom. The molecule has 3 amide bonds. The number of nitrogens with one attached hydrogen (secondary N) is 3. The summed E-state index contributed by atoms with van der Waals surface area (Å²) >= 11 is 5.83. The number of amides is 3. The highest BCUT2D eigenvalue weighted by atomic mass is 35.5. The van der Waals surface area contributed by atoms with Gasteiger partial charge in [-0.2, -0.15) is 0 Å². The summed E-state index contributed by atoms with van der Waals surface area (Å²) in [7, 11) is 4.32. The van der Waals surface area contributed by atoms with Crippen molar-refractivity contribution >= 4 is 35.0 Å². The number of methoxy groups -OCH3 is 3. The number of ether oxygens (including phenoxy) is 3. The standard InChI is InChI=1S/C24H22ClN3O6/c1-32-19-12-16(13-20(33-2)21(19)34-3)24(31)28-27-23(30)15-6-10-18(11-7-15)26-22(29)14-4-8-17(25)9-5-14/h4-13H,1-3H3,(H,26,29)(H,27,30)(H,28,31). The third-order valence-electron chi connectivity index (χ3n) is 4.73. The molecule has 0 bridgehead atoms. The molecule has 9 nitrogen and oxygen atoms in total. The quantitative estimate of drug-likeness (QED) is 0.441. The second-order valence-corrected chi connectivity index (χ2v) is 7.30. The van der Waals surface area contributed by atoms with Crippen LogP contribution in [0.25, 0.3) is 0 Å². The fourth-order valence-electron chi connectivity index (χ4n) is 2.98. The molecular formula is C24H22ClN3O6. The molecule has 3 N–H and O–H groups in total. The third kappa shape index (κ3) is 5.76. The van der Waals surface area contributed by atoms with E-state index in [1.807, 2.05) is 0 Å². The van der Waals surface area contributed by atoms with Crippen molar-refractivity contribution in [1.29, 1.82) is 0 Å². The van der Waals surface area contributed by atoms with Gasteiger partial charge >= 0.3 is 0 Å². The lowest BCUT2D eigenvalue weighted by Crippen LogP contribution is -2.41. The molecule has 0 fully saturated rings. The van der Waals surface area contributed by atoms with Crippen molar-refractivity contribution in [3.63, 3.8) is 0 Å². The maximum Gasteiger partial charge on any atom is 0.269 e. The molecule has 0 spiro atoms. The number of carbonyl (C=O) groups excluding carboxylic acids is 3. The second-order valence-electron chi connectivity index (χ2n) is 6.86. The van der Waals surface area contributed by atoms with E-state index in [4.69, 9.17) is 25.8 Å². The summed E-state index contributed by atoms with van der Waals surface area (Å²) in [6.45, 7) is 0. The van der Waals surface area contributed by atoms with Crippen molar-refractivity contribution in [1.82, 2.24) is 10.9 Å². The minimum absolute atomic E-state index is 0.190. The van der Waals surface area contributed by atoms with Crippen LogP contribution in [0, 0.1) is 0 Å². The van der Waals surface area contributed by atoms with Crippen molar-refractivity contribution in [2.24, 2.45) is 0 Å². The lowest BCUT2D eigenvalue weighted by molar-refractivity contribution is 0.0846. The zero-order valence-electron chi connectivity index (χ0n) is 18.6. The molecular weight excluding hydrogens is 462 g/mol. The van der Waals surface area contributed by atoms with Crippen LogP contribution >= 0.6 is 11.6 Å². The number of hydrazine groups is 1. The topological polar surface area (TPSA) is 115 Å². The summed E-state index contributed by atoms with van der Waals surface area (Å²) in [4.78, 5) is 37.2. The van der Waals surface area contributed by atoms with Gasteiger partial charge < -0.3 is 19.5 Å². The van der Waals surface area contributed by atoms with Crippen molar-refractivity contribution in [3.05, 3.63) is 82.4 Å². The average Bonchev–Trinajstić information content (AvgIpc) is 2.86. The van der Waals surface area contributed by atoms with E-state index in [-0.39, 0.29) is 17.0 Å². The average molecular weight is 484 g/mol. The number of benzene rings is 3. The highest BCUT2D eigenvalue weighted by Gasteiger charge is 2.17. The van der Waals surface area contributed by atoms with E-state index in [0.717, 1.165) is 0 Å². The van der Waals surface area contributed by atoms with Gasteiger partial charge in [0.25, 0.3) is 17.7 Å². The first-order valence-electron chi connectivity index (χ1n) is 9.94.